The average molecular weight is 334 g/mol. The number of phenolic OH excluding ortho intramolecular Hbond substituents is 1. The third-order valence-corrected chi connectivity index (χ3v) is 3.85. The molecule has 0 bridgehead atoms. The topological polar surface area (TPSA) is 49.3 Å². The molecule has 2 aromatic rings. The van der Waals surface area contributed by atoms with Crippen LogP contribution in [-0.2, 0) is 0 Å². The van der Waals surface area contributed by atoms with E-state index >= 15 is 0 Å². The number of amides is 1. The van der Waals surface area contributed by atoms with E-state index in [1.54, 1.807) is 12.1 Å². The van der Waals surface area contributed by atoms with Crippen LogP contribution in [0.25, 0.3) is 0 Å². The predicted octanol–water partition coefficient (Wildman–Crippen LogP) is 3.57. The summed E-state index contributed by atoms with van der Waals surface area (Å²) in [6.45, 7) is 2.34. The Morgan fingerprint density at radius 3 is 2.65 bits per heavy atom. The fourth-order valence-corrected chi connectivity index (χ4v) is 2.36. The van der Waals surface area contributed by atoms with E-state index < -0.39 is 0 Å². The molecule has 2 aromatic carbocycles. The fraction of sp³-hybridized carbons (Fsp3) is 0.188. The van der Waals surface area contributed by atoms with Crippen molar-refractivity contribution in [2.24, 2.45) is 0 Å². The molecule has 1 atom stereocenters. The maximum atomic E-state index is 12.1. The summed E-state index contributed by atoms with van der Waals surface area (Å²) >= 11 is 3.54. The van der Waals surface area contributed by atoms with Crippen LogP contribution in [0, 0.1) is 6.92 Å². The van der Waals surface area contributed by atoms with Gasteiger partial charge in [0.25, 0.3) is 5.91 Å². The molecule has 1 amide bonds. The third-order valence-electron chi connectivity index (χ3n) is 3.00. The fourth-order valence-electron chi connectivity index (χ4n) is 1.89. The number of alkyl halides is 1. The minimum Gasteiger partial charge on any atom is -0.507 e. The van der Waals surface area contributed by atoms with Crippen LogP contribution in [-0.4, -0.2) is 17.6 Å². The molecule has 0 aliphatic carbocycles. The van der Waals surface area contributed by atoms with Crippen LogP contribution in [0.1, 0.15) is 26.3 Å². The lowest BCUT2D eigenvalue weighted by Gasteiger charge is -2.12. The first-order valence-electron chi connectivity index (χ1n) is 6.35. The van der Waals surface area contributed by atoms with Gasteiger partial charge in [0.1, 0.15) is 5.75 Å². The van der Waals surface area contributed by atoms with Gasteiger partial charge in [-0.2, -0.15) is 0 Å². The second kappa shape index (κ2) is 6.57. The monoisotopic (exact) mass is 333 g/mol. The highest BCUT2D eigenvalue weighted by Gasteiger charge is 2.13. The Balaban J connectivity index is 2.00. The number of rotatable bonds is 4. The van der Waals surface area contributed by atoms with Crippen LogP contribution in [0.2, 0.25) is 0 Å². The summed E-state index contributed by atoms with van der Waals surface area (Å²) in [6.07, 6.45) is 0. The molecule has 0 spiro atoms. The highest BCUT2D eigenvalue weighted by atomic mass is 79.9. The van der Waals surface area contributed by atoms with Gasteiger partial charge in [-0.15, -0.1) is 0 Å². The predicted molar refractivity (Wildman–Crippen MR) is 83.3 cm³/mol. The van der Waals surface area contributed by atoms with E-state index in [0.717, 1.165) is 11.1 Å². The Hall–Kier alpha value is -1.81. The lowest BCUT2D eigenvalue weighted by molar-refractivity contribution is 0.0951. The molecule has 0 fully saturated rings. The van der Waals surface area contributed by atoms with Gasteiger partial charge in [-0.1, -0.05) is 57.9 Å². The minimum atomic E-state index is -0.272. The molecule has 2 N–H and O–H groups in total. The number of aryl methyl sites for hydroxylation is 1. The molecule has 0 aliphatic heterocycles. The molecule has 3 nitrogen and oxygen atoms in total. The number of hydrogen-bond acceptors (Lipinski definition) is 2. The molecule has 0 radical (unpaired) electrons. The van der Waals surface area contributed by atoms with Crippen molar-refractivity contribution in [1.29, 1.82) is 0 Å². The van der Waals surface area contributed by atoms with Crippen molar-refractivity contribution in [2.45, 2.75) is 11.8 Å². The van der Waals surface area contributed by atoms with E-state index in [-0.39, 0.29) is 16.5 Å². The number of halogens is 1. The van der Waals surface area contributed by atoms with Gasteiger partial charge < -0.3 is 10.4 Å². The van der Waals surface area contributed by atoms with Crippen LogP contribution in [0.4, 0.5) is 0 Å². The maximum Gasteiger partial charge on any atom is 0.255 e. The Kier molecular flexibility index (Phi) is 4.79. The first kappa shape index (κ1) is 14.6. The quantitative estimate of drug-likeness (QED) is 0.840. The van der Waals surface area contributed by atoms with Gasteiger partial charge in [0.2, 0.25) is 0 Å². The van der Waals surface area contributed by atoms with Gasteiger partial charge in [0.05, 0.1) is 10.4 Å². The molecular formula is C16H16BrNO2. The van der Waals surface area contributed by atoms with E-state index in [4.69, 9.17) is 0 Å². The SMILES string of the molecule is Cc1ccc(O)c(C(=O)NCC(Br)c2ccccc2)c1. The largest absolute Gasteiger partial charge is 0.507 e. The average Bonchev–Trinajstić information content (AvgIpc) is 2.47. The van der Waals surface area contributed by atoms with Crippen molar-refractivity contribution in [1.82, 2.24) is 5.32 Å². The number of benzene rings is 2. The minimum absolute atomic E-state index is 0.000987. The van der Waals surface area contributed by atoms with Crippen molar-refractivity contribution in [2.75, 3.05) is 6.54 Å². The van der Waals surface area contributed by atoms with E-state index in [1.165, 1.54) is 6.07 Å². The molecule has 0 heterocycles. The first-order valence-corrected chi connectivity index (χ1v) is 7.26. The summed E-state index contributed by atoms with van der Waals surface area (Å²) in [7, 11) is 0. The molecule has 0 aliphatic rings. The zero-order valence-corrected chi connectivity index (χ0v) is 12.7. The van der Waals surface area contributed by atoms with Crippen molar-refractivity contribution in [3.63, 3.8) is 0 Å². The number of nitrogens with one attached hydrogen (secondary N) is 1. The summed E-state index contributed by atoms with van der Waals surface area (Å²) < 4.78 is 0. The Morgan fingerprint density at radius 1 is 1.25 bits per heavy atom. The second-order valence-corrected chi connectivity index (χ2v) is 5.71. The maximum absolute atomic E-state index is 12.1. The molecule has 1 unspecified atom stereocenters. The Labute approximate surface area is 126 Å². The van der Waals surface area contributed by atoms with E-state index in [9.17, 15) is 9.90 Å². The highest BCUT2D eigenvalue weighted by molar-refractivity contribution is 9.09. The molecule has 2 rings (SSSR count). The van der Waals surface area contributed by atoms with Crippen molar-refractivity contribution >= 4 is 21.8 Å². The van der Waals surface area contributed by atoms with Crippen LogP contribution in [0.3, 0.4) is 0 Å². The smallest absolute Gasteiger partial charge is 0.255 e. The number of aromatic hydroxyl groups is 1. The van der Waals surface area contributed by atoms with Crippen LogP contribution in [0.5, 0.6) is 5.75 Å². The van der Waals surface area contributed by atoms with Crippen LogP contribution >= 0.6 is 15.9 Å². The molecule has 0 saturated carbocycles. The second-order valence-electron chi connectivity index (χ2n) is 4.61. The number of phenols is 1. The summed E-state index contributed by atoms with van der Waals surface area (Å²) in [5, 5.41) is 12.5. The van der Waals surface area contributed by atoms with E-state index in [2.05, 4.69) is 21.2 Å². The number of carbonyl (C=O) groups is 1. The van der Waals surface area contributed by atoms with Crippen LogP contribution < -0.4 is 5.32 Å². The summed E-state index contributed by atoms with van der Waals surface area (Å²) in [5.74, 6) is -0.273. The molecule has 104 valence electrons. The van der Waals surface area contributed by atoms with Gasteiger partial charge in [-0.05, 0) is 24.6 Å². The Bertz CT molecular complexity index is 599. The van der Waals surface area contributed by atoms with Gasteiger partial charge in [0, 0.05) is 6.54 Å². The normalized spacial score (nSPS) is 11.9. The zero-order valence-electron chi connectivity index (χ0n) is 11.1. The summed E-state index contributed by atoms with van der Waals surface area (Å²) in [4.78, 5) is 12.1. The number of hydrogen-bond donors (Lipinski definition) is 2. The highest BCUT2D eigenvalue weighted by Crippen LogP contribution is 2.22. The van der Waals surface area contributed by atoms with E-state index in [1.807, 2.05) is 37.3 Å². The molecule has 0 aromatic heterocycles. The van der Waals surface area contributed by atoms with Crippen molar-refractivity contribution in [3.8, 4) is 5.75 Å². The first-order chi connectivity index (χ1) is 9.58. The third kappa shape index (κ3) is 3.61. The van der Waals surface area contributed by atoms with Crippen LogP contribution in [0.15, 0.2) is 48.5 Å². The summed E-state index contributed by atoms with van der Waals surface area (Å²) in [6, 6.07) is 14.8. The van der Waals surface area contributed by atoms with Gasteiger partial charge in [-0.25, -0.2) is 0 Å². The van der Waals surface area contributed by atoms with Gasteiger partial charge in [-0.3, -0.25) is 4.79 Å². The lowest BCUT2D eigenvalue weighted by atomic mass is 10.1. The lowest BCUT2D eigenvalue weighted by Crippen LogP contribution is -2.26. The number of carbonyl (C=O) groups excluding carboxylic acids is 1. The van der Waals surface area contributed by atoms with E-state index in [0.29, 0.717) is 12.1 Å². The molecule has 0 saturated heterocycles. The van der Waals surface area contributed by atoms with Gasteiger partial charge >= 0.3 is 0 Å². The molecular weight excluding hydrogens is 318 g/mol. The Morgan fingerprint density at radius 2 is 1.95 bits per heavy atom. The van der Waals surface area contributed by atoms with Crippen molar-refractivity contribution in [3.05, 3.63) is 65.2 Å². The molecule has 4 heteroatoms. The molecule has 20 heavy (non-hydrogen) atoms. The summed E-state index contributed by atoms with van der Waals surface area (Å²) in [5.41, 5.74) is 2.34. The standard InChI is InChI=1S/C16H16BrNO2/c1-11-7-8-15(19)13(9-11)16(20)18-10-14(17)12-5-3-2-4-6-12/h2-9,14,19H,10H2,1H3,(H,18,20). The van der Waals surface area contributed by atoms with Crippen molar-refractivity contribution < 1.29 is 9.90 Å². The zero-order chi connectivity index (χ0) is 14.5. The van der Waals surface area contributed by atoms with Gasteiger partial charge in [0.15, 0.2) is 0 Å².